The molecule has 0 spiro atoms. The van der Waals surface area contributed by atoms with Crippen molar-refractivity contribution in [2.24, 2.45) is 0 Å². The van der Waals surface area contributed by atoms with Gasteiger partial charge in [0.1, 0.15) is 6.33 Å². The fourth-order valence-corrected chi connectivity index (χ4v) is 1.97. The Hall–Kier alpha value is -2.65. The van der Waals surface area contributed by atoms with Crippen LogP contribution < -0.4 is 5.32 Å². The molecule has 2 rings (SSSR count). The zero-order valence-electron chi connectivity index (χ0n) is 12.7. The van der Waals surface area contributed by atoms with Crippen LogP contribution in [-0.2, 0) is 18.9 Å². The number of halogens is 6. The van der Waals surface area contributed by atoms with Gasteiger partial charge in [-0.2, -0.15) is 26.3 Å². The molecule has 0 bridgehead atoms. The largest absolute Gasteiger partial charge is 0.416 e. The number of carbonyl (C=O) groups is 1. The van der Waals surface area contributed by atoms with Crippen LogP contribution in [0.3, 0.4) is 0 Å². The molecule has 0 aliphatic rings. The number of aryl methyl sites for hydroxylation is 1. The molecular formula is C15H11F6N3O. The van der Waals surface area contributed by atoms with Crippen LogP contribution >= 0.6 is 0 Å². The van der Waals surface area contributed by atoms with Gasteiger partial charge in [-0.15, -0.1) is 0 Å². The summed E-state index contributed by atoms with van der Waals surface area (Å²) in [6, 6.07) is 2.23. The summed E-state index contributed by atoms with van der Waals surface area (Å²) in [5, 5.41) is 2.24. The minimum absolute atomic E-state index is 0.0371. The van der Waals surface area contributed by atoms with Gasteiger partial charge in [-0.05, 0) is 31.2 Å². The van der Waals surface area contributed by atoms with E-state index in [1.54, 1.807) is 6.92 Å². The predicted molar refractivity (Wildman–Crippen MR) is 74.4 cm³/mol. The third kappa shape index (κ3) is 4.91. The summed E-state index contributed by atoms with van der Waals surface area (Å²) in [6.45, 7) is 1.50. The molecule has 25 heavy (non-hydrogen) atoms. The Balaban J connectivity index is 2.29. The fraction of sp³-hybridized carbons (Fsp3) is 0.267. The maximum absolute atomic E-state index is 12.8. The molecule has 0 unspecified atom stereocenters. The van der Waals surface area contributed by atoms with E-state index in [9.17, 15) is 31.1 Å². The summed E-state index contributed by atoms with van der Waals surface area (Å²) in [4.78, 5) is 19.6. The topological polar surface area (TPSA) is 54.9 Å². The molecule has 1 aromatic carbocycles. The molecule has 0 atom stereocenters. The summed E-state index contributed by atoms with van der Waals surface area (Å²) in [5.41, 5.74) is -2.88. The quantitative estimate of drug-likeness (QED) is 0.845. The standard InChI is InChI=1S/C15H11F6N3O/c1-8-2-12(24-7-23-8)6-22-13(25)9-3-10(14(16,17)18)5-11(4-9)15(19,20)21/h2-5,7H,6H2,1H3,(H,22,25). The van der Waals surface area contributed by atoms with Crippen molar-refractivity contribution in [1.82, 2.24) is 15.3 Å². The van der Waals surface area contributed by atoms with E-state index in [1.165, 1.54) is 12.4 Å². The second kappa shape index (κ2) is 6.69. The van der Waals surface area contributed by atoms with Gasteiger partial charge >= 0.3 is 12.4 Å². The van der Waals surface area contributed by atoms with Crippen molar-refractivity contribution in [2.45, 2.75) is 25.8 Å². The van der Waals surface area contributed by atoms with Crippen molar-refractivity contribution >= 4 is 5.91 Å². The number of amides is 1. The van der Waals surface area contributed by atoms with Crippen molar-refractivity contribution in [2.75, 3.05) is 0 Å². The van der Waals surface area contributed by atoms with Crippen LogP contribution in [0.1, 0.15) is 32.9 Å². The molecule has 0 radical (unpaired) electrons. The smallest absolute Gasteiger partial charge is 0.346 e. The highest BCUT2D eigenvalue weighted by Crippen LogP contribution is 2.36. The fourth-order valence-electron chi connectivity index (χ4n) is 1.97. The van der Waals surface area contributed by atoms with Crippen molar-refractivity contribution < 1.29 is 31.1 Å². The van der Waals surface area contributed by atoms with E-state index in [0.717, 1.165) is 0 Å². The summed E-state index contributed by atoms with van der Waals surface area (Å²) in [5.74, 6) is -1.08. The van der Waals surface area contributed by atoms with Gasteiger partial charge in [0.15, 0.2) is 0 Å². The molecule has 0 aliphatic heterocycles. The van der Waals surface area contributed by atoms with E-state index in [2.05, 4.69) is 15.3 Å². The van der Waals surface area contributed by atoms with Gasteiger partial charge in [-0.25, -0.2) is 9.97 Å². The maximum Gasteiger partial charge on any atom is 0.416 e. The van der Waals surface area contributed by atoms with E-state index < -0.39 is 35.0 Å². The van der Waals surface area contributed by atoms with Crippen LogP contribution in [0.15, 0.2) is 30.6 Å². The number of hydrogen-bond donors (Lipinski definition) is 1. The molecule has 1 heterocycles. The van der Waals surface area contributed by atoms with Gasteiger partial charge in [-0.1, -0.05) is 0 Å². The normalized spacial score (nSPS) is 12.1. The van der Waals surface area contributed by atoms with Gasteiger partial charge in [0.25, 0.3) is 5.91 Å². The van der Waals surface area contributed by atoms with Gasteiger partial charge in [0.05, 0.1) is 23.4 Å². The van der Waals surface area contributed by atoms with Gasteiger partial charge in [-0.3, -0.25) is 4.79 Å². The first-order valence-electron chi connectivity index (χ1n) is 6.82. The molecule has 1 amide bonds. The molecule has 1 aromatic heterocycles. The molecule has 4 nitrogen and oxygen atoms in total. The maximum atomic E-state index is 12.8. The summed E-state index contributed by atoms with van der Waals surface area (Å²) in [7, 11) is 0. The summed E-state index contributed by atoms with van der Waals surface area (Å²) < 4.78 is 76.7. The Morgan fingerprint density at radius 3 is 2.00 bits per heavy atom. The number of alkyl halides is 6. The molecule has 0 aliphatic carbocycles. The van der Waals surface area contributed by atoms with E-state index in [1.807, 2.05) is 0 Å². The number of hydrogen-bond acceptors (Lipinski definition) is 3. The van der Waals surface area contributed by atoms with E-state index >= 15 is 0 Å². The molecule has 10 heteroatoms. The lowest BCUT2D eigenvalue weighted by Gasteiger charge is -2.14. The Bertz CT molecular complexity index is 753. The zero-order chi connectivity index (χ0) is 18.8. The first-order valence-corrected chi connectivity index (χ1v) is 6.82. The van der Waals surface area contributed by atoms with Gasteiger partial charge in [0.2, 0.25) is 0 Å². The number of benzene rings is 1. The van der Waals surface area contributed by atoms with E-state index in [0.29, 0.717) is 23.5 Å². The second-order valence-corrected chi connectivity index (χ2v) is 5.13. The van der Waals surface area contributed by atoms with E-state index in [4.69, 9.17) is 0 Å². The Morgan fingerprint density at radius 2 is 1.52 bits per heavy atom. The number of nitrogens with one attached hydrogen (secondary N) is 1. The number of aromatic nitrogens is 2. The molecule has 0 saturated heterocycles. The van der Waals surface area contributed by atoms with Gasteiger partial charge < -0.3 is 5.32 Å². The van der Waals surface area contributed by atoms with Crippen LogP contribution in [0.25, 0.3) is 0 Å². The SMILES string of the molecule is Cc1cc(CNC(=O)c2cc(C(F)(F)F)cc(C(F)(F)F)c2)ncn1. The van der Waals surface area contributed by atoms with Crippen molar-refractivity contribution in [1.29, 1.82) is 0 Å². The Kier molecular flexibility index (Phi) is 5.00. The van der Waals surface area contributed by atoms with Crippen LogP contribution in [0.5, 0.6) is 0 Å². The van der Waals surface area contributed by atoms with Crippen LogP contribution in [-0.4, -0.2) is 15.9 Å². The minimum atomic E-state index is -5.01. The molecule has 2 aromatic rings. The highest BCUT2D eigenvalue weighted by Gasteiger charge is 2.37. The first-order chi connectivity index (χ1) is 11.5. The number of carbonyl (C=O) groups excluding carboxylic acids is 1. The highest BCUT2D eigenvalue weighted by molar-refractivity contribution is 5.94. The molecule has 1 N–H and O–H groups in total. The monoisotopic (exact) mass is 363 g/mol. The van der Waals surface area contributed by atoms with Gasteiger partial charge in [0, 0.05) is 11.3 Å². The van der Waals surface area contributed by atoms with Crippen molar-refractivity contribution in [3.8, 4) is 0 Å². The summed E-state index contributed by atoms with van der Waals surface area (Å²) in [6.07, 6.45) is -8.80. The average Bonchev–Trinajstić information content (AvgIpc) is 2.50. The average molecular weight is 363 g/mol. The predicted octanol–water partition coefficient (Wildman–Crippen LogP) is 3.75. The lowest BCUT2D eigenvalue weighted by molar-refractivity contribution is -0.143. The zero-order valence-corrected chi connectivity index (χ0v) is 12.7. The second-order valence-electron chi connectivity index (χ2n) is 5.13. The third-order valence-corrected chi connectivity index (χ3v) is 3.14. The highest BCUT2D eigenvalue weighted by atomic mass is 19.4. The molecular weight excluding hydrogens is 352 g/mol. The lowest BCUT2D eigenvalue weighted by Crippen LogP contribution is -2.24. The Labute approximate surface area is 137 Å². The number of nitrogens with zero attached hydrogens (tertiary/aromatic N) is 2. The molecule has 0 fully saturated rings. The first kappa shape index (κ1) is 18.7. The van der Waals surface area contributed by atoms with Crippen molar-refractivity contribution in [3.63, 3.8) is 0 Å². The third-order valence-electron chi connectivity index (χ3n) is 3.14. The van der Waals surface area contributed by atoms with Crippen LogP contribution in [0, 0.1) is 6.92 Å². The molecule has 134 valence electrons. The Morgan fingerprint density at radius 1 is 0.960 bits per heavy atom. The van der Waals surface area contributed by atoms with Crippen LogP contribution in [0.4, 0.5) is 26.3 Å². The minimum Gasteiger partial charge on any atom is -0.346 e. The van der Waals surface area contributed by atoms with Crippen molar-refractivity contribution in [3.05, 3.63) is 58.7 Å². The van der Waals surface area contributed by atoms with Crippen LogP contribution in [0.2, 0.25) is 0 Å². The van der Waals surface area contributed by atoms with E-state index in [-0.39, 0.29) is 12.6 Å². The lowest BCUT2D eigenvalue weighted by atomic mass is 10.0. The number of rotatable bonds is 3. The summed E-state index contributed by atoms with van der Waals surface area (Å²) >= 11 is 0. The molecule has 0 saturated carbocycles.